The van der Waals surface area contributed by atoms with Crippen molar-refractivity contribution in [2.45, 2.75) is 46.5 Å². The Kier molecular flexibility index (Phi) is 5.93. The van der Waals surface area contributed by atoms with Crippen molar-refractivity contribution in [3.8, 4) is 0 Å². The Morgan fingerprint density at radius 2 is 2.20 bits per heavy atom. The normalized spacial score (nSPS) is 22.9. The van der Waals surface area contributed by atoms with Crippen LogP contribution in [0.1, 0.15) is 46.5 Å². The van der Waals surface area contributed by atoms with Gasteiger partial charge in [-0.1, -0.05) is 32.1 Å². The predicted molar refractivity (Wildman–Crippen MR) is 79.9 cm³/mol. The molecule has 1 atom stereocenters. The third-order valence-corrected chi connectivity index (χ3v) is 3.97. The molecule has 0 aromatic heterocycles. The van der Waals surface area contributed by atoms with Crippen LogP contribution in [0, 0.1) is 11.3 Å². The van der Waals surface area contributed by atoms with E-state index in [1.54, 1.807) is 0 Å². The Morgan fingerprint density at radius 3 is 2.75 bits per heavy atom. The summed E-state index contributed by atoms with van der Waals surface area (Å²) in [6, 6.07) is 0. The minimum absolute atomic E-state index is 0.222. The number of esters is 1. The second-order valence-electron chi connectivity index (χ2n) is 6.02. The van der Waals surface area contributed by atoms with Crippen LogP contribution in [-0.2, 0) is 14.3 Å². The van der Waals surface area contributed by atoms with Gasteiger partial charge in [0.15, 0.2) is 0 Å². The van der Waals surface area contributed by atoms with Crippen LogP contribution in [0.25, 0.3) is 0 Å². The van der Waals surface area contributed by atoms with Crippen molar-refractivity contribution in [2.24, 2.45) is 11.3 Å². The lowest BCUT2D eigenvalue weighted by Crippen LogP contribution is -2.29. The Labute approximate surface area is 121 Å². The average molecular weight is 276 g/mol. The summed E-state index contributed by atoms with van der Waals surface area (Å²) in [7, 11) is 0. The molecule has 0 saturated heterocycles. The molecule has 0 aliphatic heterocycles. The Hall–Kier alpha value is -1.64. The third kappa shape index (κ3) is 4.80. The largest absolute Gasteiger partial charge is 0.435 e. The highest BCUT2D eigenvalue weighted by Gasteiger charge is 2.33. The van der Waals surface area contributed by atoms with Gasteiger partial charge in [0.1, 0.15) is 6.29 Å². The molecule has 1 aliphatic carbocycles. The molecule has 0 radical (unpaired) electrons. The summed E-state index contributed by atoms with van der Waals surface area (Å²) in [5, 5.41) is 0. The van der Waals surface area contributed by atoms with E-state index < -0.39 is 5.97 Å². The minimum Gasteiger partial charge on any atom is -0.435 e. The van der Waals surface area contributed by atoms with Crippen molar-refractivity contribution in [1.82, 2.24) is 0 Å². The smallest absolute Gasteiger partial charge is 0.307 e. The summed E-state index contributed by atoms with van der Waals surface area (Å²) in [6.07, 6.45) is 9.69. The van der Waals surface area contributed by atoms with Crippen molar-refractivity contribution in [3.05, 3.63) is 36.1 Å². The van der Waals surface area contributed by atoms with E-state index in [-0.39, 0.29) is 5.41 Å². The number of carbonyl (C=O) groups is 2. The number of ether oxygens (including phenoxy) is 1. The average Bonchev–Trinajstić information content (AvgIpc) is 2.34. The topological polar surface area (TPSA) is 43.4 Å². The van der Waals surface area contributed by atoms with E-state index in [1.165, 1.54) is 37.7 Å². The SMILES string of the molecule is C=C1CCCC(C)(C)C1C/C=C(C=O)/C=C/OC(C)=O. The van der Waals surface area contributed by atoms with Crippen LogP contribution in [0.5, 0.6) is 0 Å². The number of hydrogen-bond donors (Lipinski definition) is 0. The highest BCUT2D eigenvalue weighted by Crippen LogP contribution is 2.45. The third-order valence-electron chi connectivity index (χ3n) is 3.97. The summed E-state index contributed by atoms with van der Waals surface area (Å²) in [4.78, 5) is 21.7. The summed E-state index contributed by atoms with van der Waals surface area (Å²) in [5.74, 6) is 0.00150. The first-order chi connectivity index (χ1) is 9.36. The second kappa shape index (κ2) is 7.22. The first kappa shape index (κ1) is 16.4. The zero-order chi connectivity index (χ0) is 15.2. The maximum atomic E-state index is 11.0. The Balaban J connectivity index is 2.71. The zero-order valence-electron chi connectivity index (χ0n) is 12.6. The number of hydrogen-bond acceptors (Lipinski definition) is 3. The highest BCUT2D eigenvalue weighted by atomic mass is 16.5. The maximum Gasteiger partial charge on any atom is 0.307 e. The van der Waals surface area contributed by atoms with Gasteiger partial charge in [-0.05, 0) is 43.1 Å². The molecule has 1 aliphatic rings. The number of carbonyl (C=O) groups excluding carboxylic acids is 2. The van der Waals surface area contributed by atoms with Crippen LogP contribution < -0.4 is 0 Å². The molecule has 110 valence electrons. The van der Waals surface area contributed by atoms with E-state index in [0.717, 1.165) is 19.1 Å². The fraction of sp³-hybridized carbons (Fsp3) is 0.529. The van der Waals surface area contributed by atoms with Crippen LogP contribution in [0.4, 0.5) is 0 Å². The zero-order valence-corrected chi connectivity index (χ0v) is 12.6. The lowest BCUT2D eigenvalue weighted by Gasteiger charge is -2.40. The van der Waals surface area contributed by atoms with E-state index >= 15 is 0 Å². The molecule has 0 amide bonds. The molecule has 20 heavy (non-hydrogen) atoms. The number of allylic oxidation sites excluding steroid dienone is 4. The quantitative estimate of drug-likeness (QED) is 0.191. The predicted octanol–water partition coefficient (Wildman–Crippen LogP) is 3.96. The lowest BCUT2D eigenvalue weighted by atomic mass is 9.65. The molecule has 3 heteroatoms. The fourth-order valence-corrected chi connectivity index (χ4v) is 2.78. The molecule has 0 spiro atoms. The summed E-state index contributed by atoms with van der Waals surface area (Å²) < 4.78 is 4.69. The van der Waals surface area contributed by atoms with Gasteiger partial charge in [0.05, 0.1) is 6.26 Å². The van der Waals surface area contributed by atoms with Crippen molar-refractivity contribution in [2.75, 3.05) is 0 Å². The van der Waals surface area contributed by atoms with E-state index in [1.807, 2.05) is 6.08 Å². The molecular weight excluding hydrogens is 252 g/mol. The van der Waals surface area contributed by atoms with Crippen molar-refractivity contribution < 1.29 is 14.3 Å². The first-order valence-corrected chi connectivity index (χ1v) is 7.03. The summed E-state index contributed by atoms with van der Waals surface area (Å²) in [6.45, 7) is 10.0. The van der Waals surface area contributed by atoms with Gasteiger partial charge >= 0.3 is 5.97 Å². The minimum atomic E-state index is -0.395. The van der Waals surface area contributed by atoms with Crippen molar-refractivity contribution in [3.63, 3.8) is 0 Å². The molecule has 1 unspecified atom stereocenters. The molecule has 0 bridgehead atoms. The van der Waals surface area contributed by atoms with Gasteiger partial charge in [0.2, 0.25) is 0 Å². The molecule has 3 nitrogen and oxygen atoms in total. The van der Waals surface area contributed by atoms with Gasteiger partial charge in [-0.15, -0.1) is 0 Å². The lowest BCUT2D eigenvalue weighted by molar-refractivity contribution is -0.135. The van der Waals surface area contributed by atoms with Crippen LogP contribution in [0.2, 0.25) is 0 Å². The number of aldehydes is 1. The number of rotatable bonds is 5. The fourth-order valence-electron chi connectivity index (χ4n) is 2.78. The van der Waals surface area contributed by atoms with Crippen LogP contribution >= 0.6 is 0 Å². The van der Waals surface area contributed by atoms with E-state index in [2.05, 4.69) is 20.4 Å². The second-order valence-corrected chi connectivity index (χ2v) is 6.02. The van der Waals surface area contributed by atoms with Crippen LogP contribution in [0.3, 0.4) is 0 Å². The van der Waals surface area contributed by atoms with Gasteiger partial charge in [-0.3, -0.25) is 9.59 Å². The van der Waals surface area contributed by atoms with Gasteiger partial charge in [-0.2, -0.15) is 0 Å². The first-order valence-electron chi connectivity index (χ1n) is 7.03. The van der Waals surface area contributed by atoms with Gasteiger partial charge in [-0.25, -0.2) is 0 Å². The van der Waals surface area contributed by atoms with E-state index in [4.69, 9.17) is 4.74 Å². The maximum absolute atomic E-state index is 11.0. The molecule has 0 N–H and O–H groups in total. The Bertz CT molecular complexity index is 441. The monoisotopic (exact) mass is 276 g/mol. The van der Waals surface area contributed by atoms with Crippen LogP contribution in [0.15, 0.2) is 36.1 Å². The molecule has 0 heterocycles. The van der Waals surface area contributed by atoms with Gasteiger partial charge < -0.3 is 4.74 Å². The van der Waals surface area contributed by atoms with Gasteiger partial charge in [0, 0.05) is 12.5 Å². The molecule has 0 aromatic carbocycles. The van der Waals surface area contributed by atoms with Crippen molar-refractivity contribution in [1.29, 1.82) is 0 Å². The van der Waals surface area contributed by atoms with E-state index in [9.17, 15) is 9.59 Å². The highest BCUT2D eigenvalue weighted by molar-refractivity contribution is 5.77. The van der Waals surface area contributed by atoms with Gasteiger partial charge in [0.25, 0.3) is 0 Å². The molecule has 1 saturated carbocycles. The summed E-state index contributed by atoms with van der Waals surface area (Å²) in [5.41, 5.74) is 2.02. The van der Waals surface area contributed by atoms with E-state index in [0.29, 0.717) is 11.5 Å². The van der Waals surface area contributed by atoms with Crippen LogP contribution in [-0.4, -0.2) is 12.3 Å². The molecule has 1 fully saturated rings. The molecule has 1 rings (SSSR count). The molecule has 0 aromatic rings. The van der Waals surface area contributed by atoms with Crippen molar-refractivity contribution >= 4 is 12.3 Å². The summed E-state index contributed by atoms with van der Waals surface area (Å²) >= 11 is 0. The molecular formula is C17H24O3. The Morgan fingerprint density at radius 1 is 1.50 bits per heavy atom. The standard InChI is InChI=1S/C17H24O3/c1-13-6-5-10-17(3,4)16(13)8-7-15(12-18)9-11-20-14(2)19/h7,9,11-12,16H,1,5-6,8,10H2,2-4H3/b11-9+,15-7-.